The van der Waals surface area contributed by atoms with E-state index in [1.165, 1.54) is 42.1 Å². The summed E-state index contributed by atoms with van der Waals surface area (Å²) in [5.74, 6) is -0.813. The number of hydrogen-bond donors (Lipinski definition) is 4. The Balaban J connectivity index is 1.91. The molecule has 8 heteroatoms. The molecule has 4 N–H and O–H groups in total. The Bertz CT molecular complexity index is 895. The molecule has 1 aromatic carbocycles. The minimum atomic E-state index is -0.568. The lowest BCUT2D eigenvalue weighted by atomic mass is 10.1. The third kappa shape index (κ3) is 4.35. The third-order valence-corrected chi connectivity index (χ3v) is 3.30. The molecule has 0 saturated heterocycles. The number of aromatic nitrogens is 2. The summed E-state index contributed by atoms with van der Waals surface area (Å²) in [6.45, 7) is 0.316. The first-order valence-corrected chi connectivity index (χ1v) is 7.13. The fourth-order valence-electron chi connectivity index (χ4n) is 1.98. The van der Waals surface area contributed by atoms with Crippen molar-refractivity contribution in [3.05, 3.63) is 62.4 Å². The number of nitrogens with zero attached hydrogens (tertiary/aromatic N) is 1. The van der Waals surface area contributed by atoms with Gasteiger partial charge in [-0.3, -0.25) is 14.6 Å². The number of aryl methyl sites for hydroxylation is 1. The van der Waals surface area contributed by atoms with E-state index in [0.717, 1.165) is 5.56 Å². The van der Waals surface area contributed by atoms with Crippen molar-refractivity contribution in [1.29, 1.82) is 0 Å². The molecule has 0 fully saturated rings. The number of nitrogens with one attached hydrogen (secondary N) is 2. The number of rotatable bonds is 5. The Morgan fingerprint density at radius 3 is 2.75 bits per heavy atom. The number of aromatic hydroxyl groups is 2. The molecule has 2 rings (SSSR count). The van der Waals surface area contributed by atoms with Crippen molar-refractivity contribution in [1.82, 2.24) is 14.9 Å². The zero-order chi connectivity index (χ0) is 17.7. The first kappa shape index (κ1) is 17.1. The fourth-order valence-corrected chi connectivity index (χ4v) is 1.98. The number of benzene rings is 1. The van der Waals surface area contributed by atoms with Gasteiger partial charge in [-0.05, 0) is 30.2 Å². The maximum Gasteiger partial charge on any atom is 0.328 e. The van der Waals surface area contributed by atoms with Crippen LogP contribution in [-0.2, 0) is 18.3 Å². The molecular formula is C16H17N3O5. The smallest absolute Gasteiger partial charge is 0.328 e. The Labute approximate surface area is 136 Å². The Morgan fingerprint density at radius 1 is 1.29 bits per heavy atom. The molecule has 2 aromatic rings. The van der Waals surface area contributed by atoms with Crippen molar-refractivity contribution < 1.29 is 15.0 Å². The highest BCUT2D eigenvalue weighted by molar-refractivity contribution is 5.91. The van der Waals surface area contributed by atoms with Crippen molar-refractivity contribution in [2.24, 2.45) is 7.05 Å². The summed E-state index contributed by atoms with van der Waals surface area (Å²) < 4.78 is 1.20. The highest BCUT2D eigenvalue weighted by Gasteiger charge is 2.03. The summed E-state index contributed by atoms with van der Waals surface area (Å²) in [4.78, 5) is 36.6. The second kappa shape index (κ2) is 7.32. The van der Waals surface area contributed by atoms with Crippen LogP contribution in [-0.4, -0.2) is 32.2 Å². The average Bonchev–Trinajstić information content (AvgIpc) is 2.53. The van der Waals surface area contributed by atoms with Crippen LogP contribution in [0.2, 0.25) is 0 Å². The molecule has 0 bridgehead atoms. The van der Waals surface area contributed by atoms with E-state index in [0.29, 0.717) is 13.0 Å². The predicted octanol–water partition coefficient (Wildman–Crippen LogP) is -0.143. The van der Waals surface area contributed by atoms with Gasteiger partial charge in [0.25, 0.3) is 5.56 Å². The van der Waals surface area contributed by atoms with Crippen LogP contribution in [0.25, 0.3) is 6.08 Å². The van der Waals surface area contributed by atoms with Crippen LogP contribution >= 0.6 is 0 Å². The zero-order valence-electron chi connectivity index (χ0n) is 12.9. The average molecular weight is 331 g/mol. The van der Waals surface area contributed by atoms with Gasteiger partial charge in [-0.1, -0.05) is 6.07 Å². The molecule has 0 spiro atoms. The number of carbonyl (C=O) groups is 1. The molecule has 1 heterocycles. The molecule has 0 saturated carbocycles. The normalized spacial score (nSPS) is 10.9. The Morgan fingerprint density at radius 2 is 2.04 bits per heavy atom. The number of hydrogen-bond acceptors (Lipinski definition) is 5. The van der Waals surface area contributed by atoms with Gasteiger partial charge in [0.15, 0.2) is 11.5 Å². The minimum Gasteiger partial charge on any atom is -0.504 e. The lowest BCUT2D eigenvalue weighted by molar-refractivity contribution is -0.116. The standard InChI is InChI=1S/C16H17N3O5/c1-19-9-11(15(23)18-16(19)24)3-5-14(22)17-7-6-10-2-4-12(20)13(21)8-10/h2-5,8-9,20-21H,6-7H2,1H3,(H,17,22)(H,18,23,24)/b5-3+. The monoisotopic (exact) mass is 331 g/mol. The molecule has 8 nitrogen and oxygen atoms in total. The maximum atomic E-state index is 11.7. The van der Waals surface area contributed by atoms with Crippen molar-refractivity contribution in [2.75, 3.05) is 6.54 Å². The van der Waals surface area contributed by atoms with Crippen LogP contribution in [0.1, 0.15) is 11.1 Å². The van der Waals surface area contributed by atoms with Crippen LogP contribution in [0.3, 0.4) is 0 Å². The summed E-state index contributed by atoms with van der Waals surface area (Å²) in [6.07, 6.45) is 4.32. The lowest BCUT2D eigenvalue weighted by Crippen LogP contribution is -2.29. The minimum absolute atomic E-state index is 0.190. The molecule has 1 amide bonds. The molecule has 0 aliphatic rings. The van der Waals surface area contributed by atoms with Crippen molar-refractivity contribution in [3.63, 3.8) is 0 Å². The van der Waals surface area contributed by atoms with Crippen molar-refractivity contribution >= 4 is 12.0 Å². The molecule has 0 unspecified atom stereocenters. The highest BCUT2D eigenvalue weighted by atomic mass is 16.3. The number of amides is 1. The number of aromatic amines is 1. The predicted molar refractivity (Wildman–Crippen MR) is 87.8 cm³/mol. The lowest BCUT2D eigenvalue weighted by Gasteiger charge is -2.04. The molecule has 1 aromatic heterocycles. The van der Waals surface area contributed by atoms with Crippen LogP contribution in [0.15, 0.2) is 40.1 Å². The largest absolute Gasteiger partial charge is 0.504 e. The quantitative estimate of drug-likeness (QED) is 0.448. The molecule has 24 heavy (non-hydrogen) atoms. The topological polar surface area (TPSA) is 124 Å². The summed E-state index contributed by atoms with van der Waals surface area (Å²) >= 11 is 0. The SMILES string of the molecule is Cn1cc(/C=C/C(=O)NCCc2ccc(O)c(O)c2)c(=O)[nH]c1=O. The van der Waals surface area contributed by atoms with Crippen molar-refractivity contribution in [2.45, 2.75) is 6.42 Å². The molecule has 0 aliphatic carbocycles. The Hall–Kier alpha value is -3.29. The van der Waals surface area contributed by atoms with Crippen LogP contribution in [0.4, 0.5) is 0 Å². The molecule has 0 aliphatic heterocycles. The molecule has 126 valence electrons. The van der Waals surface area contributed by atoms with Crippen LogP contribution in [0, 0.1) is 0 Å². The number of phenols is 2. The van der Waals surface area contributed by atoms with E-state index >= 15 is 0 Å². The van der Waals surface area contributed by atoms with Gasteiger partial charge in [-0.2, -0.15) is 0 Å². The van der Waals surface area contributed by atoms with E-state index in [1.54, 1.807) is 6.07 Å². The maximum absolute atomic E-state index is 11.7. The van der Waals surface area contributed by atoms with Crippen molar-refractivity contribution in [3.8, 4) is 11.5 Å². The second-order valence-electron chi connectivity index (χ2n) is 5.15. The zero-order valence-corrected chi connectivity index (χ0v) is 12.9. The van der Waals surface area contributed by atoms with Gasteiger partial charge < -0.3 is 20.1 Å². The highest BCUT2D eigenvalue weighted by Crippen LogP contribution is 2.24. The van der Waals surface area contributed by atoms with E-state index in [9.17, 15) is 24.6 Å². The van der Waals surface area contributed by atoms with E-state index in [4.69, 9.17) is 0 Å². The second-order valence-corrected chi connectivity index (χ2v) is 5.15. The molecular weight excluding hydrogens is 314 g/mol. The van der Waals surface area contributed by atoms with Gasteiger partial charge in [0, 0.05) is 25.9 Å². The summed E-state index contributed by atoms with van der Waals surface area (Å²) in [5, 5.41) is 21.2. The van der Waals surface area contributed by atoms with Gasteiger partial charge in [0.05, 0.1) is 5.56 Å². The third-order valence-electron chi connectivity index (χ3n) is 3.30. The summed E-state index contributed by atoms with van der Waals surface area (Å²) in [7, 11) is 1.49. The van der Waals surface area contributed by atoms with E-state index in [-0.39, 0.29) is 17.1 Å². The van der Waals surface area contributed by atoms with E-state index < -0.39 is 17.2 Å². The van der Waals surface area contributed by atoms with Crippen LogP contribution < -0.4 is 16.6 Å². The first-order valence-electron chi connectivity index (χ1n) is 7.13. The van der Waals surface area contributed by atoms with Crippen LogP contribution in [0.5, 0.6) is 11.5 Å². The fraction of sp³-hybridized carbons (Fsp3) is 0.188. The number of carbonyl (C=O) groups excluding carboxylic acids is 1. The van der Waals surface area contributed by atoms with E-state index in [1.807, 2.05) is 0 Å². The number of H-pyrrole nitrogens is 1. The Kier molecular flexibility index (Phi) is 5.20. The molecule has 0 atom stereocenters. The summed E-state index contributed by atoms with van der Waals surface area (Å²) in [5.41, 5.74) is -0.153. The van der Waals surface area contributed by atoms with Gasteiger partial charge in [-0.25, -0.2) is 4.79 Å². The van der Waals surface area contributed by atoms with E-state index in [2.05, 4.69) is 10.3 Å². The van der Waals surface area contributed by atoms with Gasteiger partial charge in [0.2, 0.25) is 5.91 Å². The van der Waals surface area contributed by atoms with Gasteiger partial charge in [0.1, 0.15) is 0 Å². The van der Waals surface area contributed by atoms with Gasteiger partial charge >= 0.3 is 5.69 Å². The first-order chi connectivity index (χ1) is 11.4. The summed E-state index contributed by atoms with van der Waals surface area (Å²) in [6, 6.07) is 4.43. The van der Waals surface area contributed by atoms with Gasteiger partial charge in [-0.15, -0.1) is 0 Å². The molecule has 0 radical (unpaired) electrons. The number of phenolic OH excluding ortho intramolecular Hbond substituents is 2.